The molecule has 0 heterocycles. The largest absolute Gasteiger partial charge is 0.324 e. The molecule has 0 unspecified atom stereocenters. The fourth-order valence-corrected chi connectivity index (χ4v) is 2.01. The fraction of sp³-hybridized carbons (Fsp3) is 0.438. The van der Waals surface area contributed by atoms with Crippen molar-refractivity contribution in [3.8, 4) is 0 Å². The lowest BCUT2D eigenvalue weighted by Gasteiger charge is -2.19. The maximum atomic E-state index is 12.0. The number of nitrogens with zero attached hydrogens (tertiary/aromatic N) is 1. The highest BCUT2D eigenvalue weighted by molar-refractivity contribution is 5.91. The third kappa shape index (κ3) is 3.85. The summed E-state index contributed by atoms with van der Waals surface area (Å²) >= 11 is 0. The molecule has 0 saturated carbocycles. The maximum absolute atomic E-state index is 12.0. The van der Waals surface area contributed by atoms with Gasteiger partial charge in [0, 0.05) is 19.3 Å². The lowest BCUT2D eigenvalue weighted by Crippen LogP contribution is -2.31. The van der Waals surface area contributed by atoms with E-state index in [0.717, 1.165) is 16.8 Å². The quantitative estimate of drug-likeness (QED) is 0.813. The van der Waals surface area contributed by atoms with Crippen LogP contribution in [0.1, 0.15) is 36.5 Å². The van der Waals surface area contributed by atoms with Gasteiger partial charge >= 0.3 is 6.03 Å². The Kier molecular flexibility index (Phi) is 5.16. The minimum atomic E-state index is -0.108. The first kappa shape index (κ1) is 15.3. The standard InChI is InChI=1S/C16H24N2O/c1-7-8-18(6)16(19)17-15-12(4)9-14(11(2)3)10-13(15)5/h7,9-11H,1,8H2,2-6H3,(H,17,19). The molecule has 2 amide bonds. The zero-order chi connectivity index (χ0) is 14.6. The molecule has 0 aliphatic rings. The molecule has 0 radical (unpaired) electrons. The number of anilines is 1. The van der Waals surface area contributed by atoms with Crippen LogP contribution in [-0.4, -0.2) is 24.5 Å². The molecule has 1 aromatic rings. The Balaban J connectivity index is 2.96. The molecular formula is C16H24N2O. The van der Waals surface area contributed by atoms with Gasteiger partial charge in [-0.25, -0.2) is 4.79 Å². The first-order valence-electron chi connectivity index (χ1n) is 6.61. The van der Waals surface area contributed by atoms with Crippen molar-refractivity contribution in [1.82, 2.24) is 4.90 Å². The Morgan fingerprint density at radius 3 is 2.32 bits per heavy atom. The van der Waals surface area contributed by atoms with Gasteiger partial charge in [0.2, 0.25) is 0 Å². The van der Waals surface area contributed by atoms with Gasteiger partial charge in [-0.1, -0.05) is 32.1 Å². The Morgan fingerprint density at radius 1 is 1.37 bits per heavy atom. The third-order valence-corrected chi connectivity index (χ3v) is 3.20. The first-order valence-corrected chi connectivity index (χ1v) is 6.61. The van der Waals surface area contributed by atoms with Crippen LogP contribution < -0.4 is 5.32 Å². The van der Waals surface area contributed by atoms with E-state index in [0.29, 0.717) is 12.5 Å². The molecule has 0 aromatic heterocycles. The summed E-state index contributed by atoms with van der Waals surface area (Å²) < 4.78 is 0. The average molecular weight is 260 g/mol. The molecule has 0 bridgehead atoms. The van der Waals surface area contributed by atoms with E-state index in [1.54, 1.807) is 18.0 Å². The zero-order valence-corrected chi connectivity index (χ0v) is 12.6. The fourth-order valence-electron chi connectivity index (χ4n) is 2.01. The summed E-state index contributed by atoms with van der Waals surface area (Å²) in [5.74, 6) is 0.491. The van der Waals surface area contributed by atoms with E-state index >= 15 is 0 Å². The Labute approximate surface area is 116 Å². The SMILES string of the molecule is C=CCN(C)C(=O)Nc1c(C)cc(C(C)C)cc1C. The van der Waals surface area contributed by atoms with Gasteiger partial charge in [0.05, 0.1) is 0 Å². The second kappa shape index (κ2) is 6.41. The second-order valence-corrected chi connectivity index (χ2v) is 5.28. The van der Waals surface area contributed by atoms with Gasteiger partial charge in [0.15, 0.2) is 0 Å². The molecule has 0 aliphatic heterocycles. The van der Waals surface area contributed by atoms with E-state index in [1.807, 2.05) is 13.8 Å². The van der Waals surface area contributed by atoms with Crippen molar-refractivity contribution in [3.63, 3.8) is 0 Å². The highest BCUT2D eigenvalue weighted by Gasteiger charge is 2.12. The van der Waals surface area contributed by atoms with E-state index in [2.05, 4.69) is 37.9 Å². The molecule has 0 saturated heterocycles. The van der Waals surface area contributed by atoms with Crippen LogP contribution in [0.25, 0.3) is 0 Å². The number of carbonyl (C=O) groups excluding carboxylic acids is 1. The number of urea groups is 1. The van der Waals surface area contributed by atoms with Gasteiger partial charge in [0.1, 0.15) is 0 Å². The topological polar surface area (TPSA) is 32.3 Å². The van der Waals surface area contributed by atoms with Crippen LogP contribution in [0.3, 0.4) is 0 Å². The first-order chi connectivity index (χ1) is 8.86. The normalized spacial score (nSPS) is 10.4. The second-order valence-electron chi connectivity index (χ2n) is 5.28. The number of benzene rings is 1. The average Bonchev–Trinajstić information content (AvgIpc) is 2.33. The van der Waals surface area contributed by atoms with Crippen LogP contribution in [0.5, 0.6) is 0 Å². The number of hydrogen-bond donors (Lipinski definition) is 1. The molecule has 0 spiro atoms. The summed E-state index contributed by atoms with van der Waals surface area (Å²) in [7, 11) is 1.75. The number of amides is 2. The van der Waals surface area contributed by atoms with Crippen LogP contribution in [0.4, 0.5) is 10.5 Å². The number of carbonyl (C=O) groups is 1. The van der Waals surface area contributed by atoms with Crippen molar-refractivity contribution in [1.29, 1.82) is 0 Å². The number of aryl methyl sites for hydroxylation is 2. The van der Waals surface area contributed by atoms with Crippen molar-refractivity contribution < 1.29 is 4.79 Å². The van der Waals surface area contributed by atoms with E-state index in [1.165, 1.54) is 5.56 Å². The molecule has 1 rings (SSSR count). The molecule has 19 heavy (non-hydrogen) atoms. The highest BCUT2D eigenvalue weighted by Crippen LogP contribution is 2.26. The summed E-state index contributed by atoms with van der Waals surface area (Å²) in [4.78, 5) is 13.6. The van der Waals surface area contributed by atoms with Gasteiger partial charge < -0.3 is 10.2 Å². The van der Waals surface area contributed by atoms with E-state index in [9.17, 15) is 4.79 Å². The lowest BCUT2D eigenvalue weighted by molar-refractivity contribution is 0.226. The highest BCUT2D eigenvalue weighted by atomic mass is 16.2. The molecule has 1 N–H and O–H groups in total. The molecule has 3 nitrogen and oxygen atoms in total. The summed E-state index contributed by atoms with van der Waals surface area (Å²) in [5.41, 5.74) is 4.41. The molecule has 0 atom stereocenters. The minimum absolute atomic E-state index is 0.108. The van der Waals surface area contributed by atoms with Crippen molar-refractivity contribution in [2.75, 3.05) is 18.9 Å². The van der Waals surface area contributed by atoms with Crippen LogP contribution in [0.2, 0.25) is 0 Å². The molecular weight excluding hydrogens is 236 g/mol. The van der Waals surface area contributed by atoms with Crippen molar-refractivity contribution in [2.24, 2.45) is 0 Å². The number of likely N-dealkylation sites (N-methyl/N-ethyl adjacent to an activating group) is 1. The molecule has 1 aromatic carbocycles. The predicted octanol–water partition coefficient (Wildman–Crippen LogP) is 4.08. The molecule has 0 aliphatic carbocycles. The van der Waals surface area contributed by atoms with E-state index < -0.39 is 0 Å². The van der Waals surface area contributed by atoms with Crippen LogP contribution >= 0.6 is 0 Å². The summed E-state index contributed by atoms with van der Waals surface area (Å²) in [6.45, 7) is 12.6. The van der Waals surface area contributed by atoms with Gasteiger partial charge in [-0.15, -0.1) is 6.58 Å². The number of nitrogens with one attached hydrogen (secondary N) is 1. The zero-order valence-electron chi connectivity index (χ0n) is 12.6. The summed E-state index contributed by atoms with van der Waals surface area (Å²) in [6, 6.07) is 4.17. The van der Waals surface area contributed by atoms with Crippen LogP contribution in [-0.2, 0) is 0 Å². The maximum Gasteiger partial charge on any atom is 0.321 e. The monoisotopic (exact) mass is 260 g/mol. The number of hydrogen-bond acceptors (Lipinski definition) is 1. The van der Waals surface area contributed by atoms with Crippen molar-refractivity contribution in [3.05, 3.63) is 41.5 Å². The number of rotatable bonds is 4. The van der Waals surface area contributed by atoms with Gasteiger partial charge in [0.25, 0.3) is 0 Å². The van der Waals surface area contributed by atoms with Gasteiger partial charge in [-0.2, -0.15) is 0 Å². The smallest absolute Gasteiger partial charge is 0.321 e. The Bertz CT molecular complexity index is 455. The third-order valence-electron chi connectivity index (χ3n) is 3.20. The van der Waals surface area contributed by atoms with Crippen LogP contribution in [0, 0.1) is 13.8 Å². The Hall–Kier alpha value is -1.77. The summed E-state index contributed by atoms with van der Waals surface area (Å²) in [6.07, 6.45) is 1.71. The summed E-state index contributed by atoms with van der Waals surface area (Å²) in [5, 5.41) is 2.97. The Morgan fingerprint density at radius 2 is 1.89 bits per heavy atom. The molecule has 0 fully saturated rings. The van der Waals surface area contributed by atoms with Gasteiger partial charge in [-0.05, 0) is 36.5 Å². The molecule has 3 heteroatoms. The van der Waals surface area contributed by atoms with Crippen LogP contribution in [0.15, 0.2) is 24.8 Å². The lowest BCUT2D eigenvalue weighted by atomic mass is 9.97. The molecule has 104 valence electrons. The van der Waals surface area contributed by atoms with E-state index in [-0.39, 0.29) is 6.03 Å². The van der Waals surface area contributed by atoms with Crippen molar-refractivity contribution in [2.45, 2.75) is 33.6 Å². The van der Waals surface area contributed by atoms with E-state index in [4.69, 9.17) is 0 Å². The predicted molar refractivity (Wildman–Crippen MR) is 81.9 cm³/mol. The van der Waals surface area contributed by atoms with Gasteiger partial charge in [-0.3, -0.25) is 0 Å². The van der Waals surface area contributed by atoms with Crippen molar-refractivity contribution >= 4 is 11.7 Å². The minimum Gasteiger partial charge on any atom is -0.324 e.